The van der Waals surface area contributed by atoms with Crippen molar-refractivity contribution in [2.24, 2.45) is 0 Å². The fourth-order valence-corrected chi connectivity index (χ4v) is 1.59. The highest BCUT2D eigenvalue weighted by molar-refractivity contribution is 5.79. The van der Waals surface area contributed by atoms with Gasteiger partial charge in [0.15, 0.2) is 0 Å². The van der Waals surface area contributed by atoms with Gasteiger partial charge in [0.05, 0.1) is 24.1 Å². The smallest absolute Gasteiger partial charge is 0.394 e. The lowest BCUT2D eigenvalue weighted by Gasteiger charge is -2.23. The van der Waals surface area contributed by atoms with Gasteiger partial charge in [-0.05, 0) is 25.5 Å². The summed E-state index contributed by atoms with van der Waals surface area (Å²) in [5.41, 5.74) is -1.75. The molecule has 3 nitrogen and oxygen atoms in total. The molecule has 19 heavy (non-hydrogen) atoms. The molecular weight excluding hydrogens is 259 g/mol. The van der Waals surface area contributed by atoms with E-state index in [0.29, 0.717) is 0 Å². The van der Waals surface area contributed by atoms with Crippen molar-refractivity contribution in [2.75, 3.05) is 6.61 Å². The summed E-state index contributed by atoms with van der Waals surface area (Å²) in [7, 11) is 0. The lowest BCUT2D eigenvalue weighted by atomic mass is 10.0. The lowest BCUT2D eigenvalue weighted by molar-refractivity contribution is -0.138. The van der Waals surface area contributed by atoms with Crippen LogP contribution in [-0.4, -0.2) is 23.2 Å². The number of benzene rings is 1. The molecule has 0 radical (unpaired) electrons. The molecule has 0 saturated heterocycles. The molecule has 0 aliphatic heterocycles. The first-order chi connectivity index (χ1) is 8.65. The van der Waals surface area contributed by atoms with Crippen LogP contribution in [0.3, 0.4) is 0 Å². The van der Waals surface area contributed by atoms with Gasteiger partial charge in [-0.15, -0.1) is 0 Å². The van der Waals surface area contributed by atoms with Gasteiger partial charge in [0.25, 0.3) is 0 Å². The molecule has 1 amide bonds. The monoisotopic (exact) mass is 275 g/mol. The molecule has 1 rings (SSSR count). The summed E-state index contributed by atoms with van der Waals surface area (Å²) < 4.78 is 38.2. The van der Waals surface area contributed by atoms with Crippen molar-refractivity contribution in [1.82, 2.24) is 5.32 Å². The molecule has 106 valence electrons. The second-order valence-electron chi connectivity index (χ2n) is 4.92. The first-order valence-electron chi connectivity index (χ1n) is 5.73. The Labute approximate surface area is 109 Å². The molecule has 6 heteroatoms. The number of hydrogen-bond donors (Lipinski definition) is 2. The Morgan fingerprint density at radius 3 is 2.37 bits per heavy atom. The summed E-state index contributed by atoms with van der Waals surface area (Å²) >= 11 is 0. The number of halogens is 3. The number of carbonyl (C=O) groups excluding carboxylic acids is 1. The SMILES string of the molecule is CC(C)(CO)NC(=O)Cc1ccccc1C(F)(F)F. The zero-order valence-corrected chi connectivity index (χ0v) is 10.7. The first-order valence-corrected chi connectivity index (χ1v) is 5.73. The Bertz CT molecular complexity index is 455. The summed E-state index contributed by atoms with van der Waals surface area (Å²) in [6.07, 6.45) is -4.86. The fraction of sp³-hybridized carbons (Fsp3) is 0.462. The highest BCUT2D eigenvalue weighted by atomic mass is 19.4. The van der Waals surface area contributed by atoms with Crippen molar-refractivity contribution in [2.45, 2.75) is 32.0 Å². The Hall–Kier alpha value is -1.56. The van der Waals surface area contributed by atoms with Crippen LogP contribution in [0.2, 0.25) is 0 Å². The Morgan fingerprint density at radius 2 is 1.84 bits per heavy atom. The van der Waals surface area contributed by atoms with Crippen LogP contribution in [0.4, 0.5) is 13.2 Å². The predicted octanol–water partition coefficient (Wildman–Crippen LogP) is 2.13. The molecular formula is C13H16F3NO2. The number of aliphatic hydroxyl groups is 1. The Morgan fingerprint density at radius 1 is 1.26 bits per heavy atom. The number of amides is 1. The summed E-state index contributed by atoms with van der Waals surface area (Å²) in [4.78, 5) is 11.7. The summed E-state index contributed by atoms with van der Waals surface area (Å²) in [5.74, 6) is -0.559. The van der Waals surface area contributed by atoms with Crippen LogP contribution < -0.4 is 5.32 Å². The number of carbonyl (C=O) groups is 1. The van der Waals surface area contributed by atoms with Gasteiger partial charge >= 0.3 is 6.18 Å². The van der Waals surface area contributed by atoms with E-state index in [2.05, 4.69) is 5.32 Å². The predicted molar refractivity (Wildman–Crippen MR) is 64.5 cm³/mol. The molecule has 1 aromatic carbocycles. The van der Waals surface area contributed by atoms with Crippen molar-refractivity contribution in [3.63, 3.8) is 0 Å². The van der Waals surface area contributed by atoms with E-state index in [0.717, 1.165) is 6.07 Å². The highest BCUT2D eigenvalue weighted by Crippen LogP contribution is 2.32. The first kappa shape index (κ1) is 15.5. The van der Waals surface area contributed by atoms with E-state index in [-0.39, 0.29) is 18.6 Å². The van der Waals surface area contributed by atoms with E-state index in [9.17, 15) is 18.0 Å². The number of rotatable bonds is 4. The van der Waals surface area contributed by atoms with Gasteiger partial charge in [-0.25, -0.2) is 0 Å². The van der Waals surface area contributed by atoms with Gasteiger partial charge in [0.2, 0.25) is 5.91 Å². The third-order valence-corrected chi connectivity index (χ3v) is 2.55. The molecule has 1 aromatic rings. The summed E-state index contributed by atoms with van der Waals surface area (Å²) in [5, 5.41) is 11.5. The standard InChI is InChI=1S/C13H16F3NO2/c1-12(2,8-18)17-11(19)7-9-5-3-4-6-10(9)13(14,15)16/h3-6,18H,7-8H2,1-2H3,(H,17,19). The maximum Gasteiger partial charge on any atom is 0.416 e. The zero-order valence-electron chi connectivity index (χ0n) is 10.7. The third kappa shape index (κ3) is 4.55. The molecule has 0 aromatic heterocycles. The van der Waals surface area contributed by atoms with E-state index in [1.54, 1.807) is 13.8 Å². The average Bonchev–Trinajstić information content (AvgIpc) is 2.27. The second kappa shape index (κ2) is 5.61. The second-order valence-corrected chi connectivity index (χ2v) is 4.92. The molecule has 0 spiro atoms. The van der Waals surface area contributed by atoms with E-state index < -0.39 is 23.2 Å². The summed E-state index contributed by atoms with van der Waals surface area (Å²) in [6.45, 7) is 2.88. The normalized spacial score (nSPS) is 12.3. The number of hydrogen-bond acceptors (Lipinski definition) is 2. The molecule has 0 saturated carbocycles. The number of aliphatic hydroxyl groups excluding tert-OH is 1. The lowest BCUT2D eigenvalue weighted by Crippen LogP contribution is -2.47. The van der Waals surface area contributed by atoms with Gasteiger partial charge in [-0.3, -0.25) is 4.79 Å². The Kier molecular flexibility index (Phi) is 4.57. The molecule has 2 N–H and O–H groups in total. The molecule has 0 aliphatic rings. The van der Waals surface area contributed by atoms with E-state index in [4.69, 9.17) is 5.11 Å². The van der Waals surface area contributed by atoms with Crippen LogP contribution in [0.1, 0.15) is 25.0 Å². The van der Waals surface area contributed by atoms with Gasteiger partial charge in [0, 0.05) is 0 Å². The molecule has 0 heterocycles. The van der Waals surface area contributed by atoms with E-state index in [1.807, 2.05) is 0 Å². The molecule has 0 fully saturated rings. The van der Waals surface area contributed by atoms with Gasteiger partial charge in [0.1, 0.15) is 0 Å². The molecule has 0 atom stereocenters. The topological polar surface area (TPSA) is 49.3 Å². The minimum atomic E-state index is -4.48. The fourth-order valence-electron chi connectivity index (χ4n) is 1.59. The third-order valence-electron chi connectivity index (χ3n) is 2.55. The molecule has 0 aliphatic carbocycles. The average molecular weight is 275 g/mol. The van der Waals surface area contributed by atoms with Crippen LogP contribution in [0, 0.1) is 0 Å². The van der Waals surface area contributed by atoms with Gasteiger partial charge in [-0.2, -0.15) is 13.2 Å². The minimum Gasteiger partial charge on any atom is -0.394 e. The van der Waals surface area contributed by atoms with Crippen molar-refractivity contribution in [3.8, 4) is 0 Å². The van der Waals surface area contributed by atoms with Crippen molar-refractivity contribution >= 4 is 5.91 Å². The number of alkyl halides is 3. The van der Waals surface area contributed by atoms with Crippen LogP contribution in [-0.2, 0) is 17.4 Å². The van der Waals surface area contributed by atoms with Gasteiger partial charge in [-0.1, -0.05) is 18.2 Å². The highest BCUT2D eigenvalue weighted by Gasteiger charge is 2.33. The van der Waals surface area contributed by atoms with E-state index >= 15 is 0 Å². The van der Waals surface area contributed by atoms with Crippen molar-refractivity contribution in [1.29, 1.82) is 0 Å². The van der Waals surface area contributed by atoms with E-state index in [1.165, 1.54) is 18.2 Å². The summed E-state index contributed by atoms with van der Waals surface area (Å²) in [6, 6.07) is 4.95. The van der Waals surface area contributed by atoms with Gasteiger partial charge < -0.3 is 10.4 Å². The van der Waals surface area contributed by atoms with Crippen molar-refractivity contribution < 1.29 is 23.1 Å². The maximum absolute atomic E-state index is 12.7. The minimum absolute atomic E-state index is 0.0822. The largest absolute Gasteiger partial charge is 0.416 e. The van der Waals surface area contributed by atoms with Crippen LogP contribution >= 0.6 is 0 Å². The Balaban J connectivity index is 2.86. The molecule has 0 bridgehead atoms. The quantitative estimate of drug-likeness (QED) is 0.884. The maximum atomic E-state index is 12.7. The zero-order chi connectivity index (χ0) is 14.7. The molecule has 0 unspecified atom stereocenters. The van der Waals surface area contributed by atoms with Crippen molar-refractivity contribution in [3.05, 3.63) is 35.4 Å². The van der Waals surface area contributed by atoms with Crippen LogP contribution in [0.25, 0.3) is 0 Å². The number of nitrogens with one attached hydrogen (secondary N) is 1. The van der Waals surface area contributed by atoms with Crippen LogP contribution in [0.15, 0.2) is 24.3 Å². The van der Waals surface area contributed by atoms with Crippen LogP contribution in [0.5, 0.6) is 0 Å².